The smallest absolute Gasteiger partial charge is 0.0346 e. The van der Waals surface area contributed by atoms with E-state index in [0.717, 1.165) is 17.2 Å². The van der Waals surface area contributed by atoms with Crippen molar-refractivity contribution >= 4 is 11.4 Å². The Hall–Kier alpha value is -1.18. The lowest BCUT2D eigenvalue weighted by Crippen LogP contribution is -2.05. The second-order valence-electron chi connectivity index (χ2n) is 4.61. The van der Waals surface area contributed by atoms with Gasteiger partial charge in [0.05, 0.1) is 0 Å². The maximum absolute atomic E-state index is 5.78. The van der Waals surface area contributed by atoms with E-state index in [4.69, 9.17) is 5.73 Å². The predicted octanol–water partition coefficient (Wildman–Crippen LogP) is 3.18. The average Bonchev–Trinajstić information content (AvgIpc) is 2.91. The normalized spacial score (nSPS) is 23.9. The molecule has 2 rings (SSSR count). The summed E-state index contributed by atoms with van der Waals surface area (Å²) in [6, 6.07) is 6.89. The van der Waals surface area contributed by atoms with Gasteiger partial charge in [0.25, 0.3) is 0 Å². The highest BCUT2D eigenvalue weighted by Gasteiger charge is 2.35. The standard InChI is InChI=1S/C13H20N2/c1-3-4-10-8-13(10)15-11-5-6-12(14)9(2)7-11/h5-7,10,13,15H,3-4,8,14H2,1-2H3. The molecule has 0 aliphatic heterocycles. The van der Waals surface area contributed by atoms with Crippen molar-refractivity contribution in [1.29, 1.82) is 0 Å². The van der Waals surface area contributed by atoms with Gasteiger partial charge in [-0.2, -0.15) is 0 Å². The van der Waals surface area contributed by atoms with Gasteiger partial charge in [-0.1, -0.05) is 13.3 Å². The summed E-state index contributed by atoms with van der Waals surface area (Å²) in [7, 11) is 0. The summed E-state index contributed by atoms with van der Waals surface area (Å²) < 4.78 is 0. The molecule has 2 unspecified atom stereocenters. The van der Waals surface area contributed by atoms with Crippen LogP contribution in [0.25, 0.3) is 0 Å². The van der Waals surface area contributed by atoms with Gasteiger partial charge in [-0.05, 0) is 49.4 Å². The van der Waals surface area contributed by atoms with Crippen molar-refractivity contribution in [3.63, 3.8) is 0 Å². The van der Waals surface area contributed by atoms with Gasteiger partial charge < -0.3 is 11.1 Å². The molecule has 0 aromatic heterocycles. The van der Waals surface area contributed by atoms with Crippen LogP contribution in [0.5, 0.6) is 0 Å². The van der Waals surface area contributed by atoms with Crippen LogP contribution in [0.15, 0.2) is 18.2 Å². The fraction of sp³-hybridized carbons (Fsp3) is 0.538. The summed E-state index contributed by atoms with van der Waals surface area (Å²) in [5, 5.41) is 3.56. The second-order valence-corrected chi connectivity index (χ2v) is 4.61. The molecule has 1 saturated carbocycles. The van der Waals surface area contributed by atoms with E-state index >= 15 is 0 Å². The average molecular weight is 204 g/mol. The summed E-state index contributed by atoms with van der Waals surface area (Å²) in [5.41, 5.74) is 9.03. The van der Waals surface area contributed by atoms with E-state index in [2.05, 4.69) is 31.3 Å². The zero-order valence-corrected chi connectivity index (χ0v) is 9.59. The van der Waals surface area contributed by atoms with Crippen LogP contribution in [-0.4, -0.2) is 6.04 Å². The third-order valence-electron chi connectivity index (χ3n) is 3.20. The summed E-state index contributed by atoms with van der Waals surface area (Å²) in [6.45, 7) is 4.31. The molecule has 1 aromatic carbocycles. The Morgan fingerprint density at radius 1 is 1.47 bits per heavy atom. The van der Waals surface area contributed by atoms with Gasteiger partial charge in [-0.15, -0.1) is 0 Å². The van der Waals surface area contributed by atoms with Crippen LogP contribution in [0.3, 0.4) is 0 Å². The van der Waals surface area contributed by atoms with Crippen LogP contribution in [-0.2, 0) is 0 Å². The summed E-state index contributed by atoms with van der Waals surface area (Å²) in [5.74, 6) is 0.896. The molecule has 0 heterocycles. The number of hydrogen-bond donors (Lipinski definition) is 2. The molecule has 1 fully saturated rings. The van der Waals surface area contributed by atoms with Crippen molar-refractivity contribution in [2.45, 2.75) is 39.2 Å². The number of aryl methyl sites for hydroxylation is 1. The molecule has 1 aliphatic carbocycles. The Morgan fingerprint density at radius 3 is 2.93 bits per heavy atom. The molecule has 0 amide bonds. The zero-order chi connectivity index (χ0) is 10.8. The molecule has 15 heavy (non-hydrogen) atoms. The fourth-order valence-electron chi connectivity index (χ4n) is 2.09. The molecule has 82 valence electrons. The zero-order valence-electron chi connectivity index (χ0n) is 9.59. The number of rotatable bonds is 4. The van der Waals surface area contributed by atoms with Crippen molar-refractivity contribution in [3.05, 3.63) is 23.8 Å². The van der Waals surface area contributed by atoms with E-state index in [0.29, 0.717) is 6.04 Å². The highest BCUT2D eigenvalue weighted by molar-refractivity contribution is 5.57. The number of nitrogens with one attached hydrogen (secondary N) is 1. The highest BCUT2D eigenvalue weighted by Crippen LogP contribution is 2.37. The Kier molecular flexibility index (Phi) is 2.85. The molecule has 2 nitrogen and oxygen atoms in total. The van der Waals surface area contributed by atoms with Gasteiger partial charge in [0, 0.05) is 17.4 Å². The minimum atomic E-state index is 0.702. The van der Waals surface area contributed by atoms with Crippen molar-refractivity contribution in [2.75, 3.05) is 11.1 Å². The Bertz CT molecular complexity index is 346. The quantitative estimate of drug-likeness (QED) is 0.739. The van der Waals surface area contributed by atoms with Crippen LogP contribution in [0.4, 0.5) is 11.4 Å². The number of benzene rings is 1. The summed E-state index contributed by atoms with van der Waals surface area (Å²) >= 11 is 0. The molecule has 2 atom stereocenters. The minimum Gasteiger partial charge on any atom is -0.399 e. The molecular weight excluding hydrogens is 184 g/mol. The minimum absolute atomic E-state index is 0.702. The number of nitrogens with two attached hydrogens (primary N) is 1. The first-order valence-electron chi connectivity index (χ1n) is 5.83. The number of nitrogen functional groups attached to an aromatic ring is 1. The maximum Gasteiger partial charge on any atom is 0.0346 e. The second kappa shape index (κ2) is 4.13. The van der Waals surface area contributed by atoms with Crippen LogP contribution in [0, 0.1) is 12.8 Å². The van der Waals surface area contributed by atoms with Gasteiger partial charge in [-0.3, -0.25) is 0 Å². The van der Waals surface area contributed by atoms with Crippen LogP contribution < -0.4 is 11.1 Å². The maximum atomic E-state index is 5.78. The molecule has 0 spiro atoms. The lowest BCUT2D eigenvalue weighted by atomic mass is 10.2. The number of hydrogen-bond acceptors (Lipinski definition) is 2. The molecule has 3 N–H and O–H groups in total. The lowest BCUT2D eigenvalue weighted by Gasteiger charge is -2.08. The van der Waals surface area contributed by atoms with Crippen molar-refractivity contribution in [2.24, 2.45) is 5.92 Å². The van der Waals surface area contributed by atoms with Crippen molar-refractivity contribution in [3.8, 4) is 0 Å². The van der Waals surface area contributed by atoms with Gasteiger partial charge in [0.1, 0.15) is 0 Å². The first kappa shape index (κ1) is 10.3. The molecule has 1 aromatic rings. The largest absolute Gasteiger partial charge is 0.399 e. The van der Waals surface area contributed by atoms with E-state index in [1.54, 1.807) is 0 Å². The molecule has 2 heteroatoms. The third-order valence-corrected chi connectivity index (χ3v) is 3.20. The van der Waals surface area contributed by atoms with Crippen LogP contribution >= 0.6 is 0 Å². The van der Waals surface area contributed by atoms with Crippen molar-refractivity contribution < 1.29 is 0 Å². The first-order chi connectivity index (χ1) is 7.20. The highest BCUT2D eigenvalue weighted by atomic mass is 15.0. The van der Waals surface area contributed by atoms with E-state index < -0.39 is 0 Å². The lowest BCUT2D eigenvalue weighted by molar-refractivity contribution is 0.693. The van der Waals surface area contributed by atoms with Crippen molar-refractivity contribution in [1.82, 2.24) is 0 Å². The fourth-order valence-corrected chi connectivity index (χ4v) is 2.09. The van der Waals surface area contributed by atoms with Crippen LogP contribution in [0.1, 0.15) is 31.7 Å². The van der Waals surface area contributed by atoms with E-state index in [-0.39, 0.29) is 0 Å². The van der Waals surface area contributed by atoms with Gasteiger partial charge in [0.15, 0.2) is 0 Å². The molecule has 1 aliphatic rings. The molecular formula is C13H20N2. The van der Waals surface area contributed by atoms with E-state index in [1.165, 1.54) is 24.9 Å². The van der Waals surface area contributed by atoms with Crippen LogP contribution in [0.2, 0.25) is 0 Å². The first-order valence-corrected chi connectivity index (χ1v) is 5.83. The summed E-state index contributed by atoms with van der Waals surface area (Å²) in [6.07, 6.45) is 3.98. The predicted molar refractivity (Wildman–Crippen MR) is 66.0 cm³/mol. The molecule has 0 saturated heterocycles. The van der Waals surface area contributed by atoms with Gasteiger partial charge in [0.2, 0.25) is 0 Å². The Labute approximate surface area is 91.9 Å². The monoisotopic (exact) mass is 204 g/mol. The number of anilines is 2. The van der Waals surface area contributed by atoms with E-state index in [9.17, 15) is 0 Å². The third kappa shape index (κ3) is 2.44. The van der Waals surface area contributed by atoms with Gasteiger partial charge >= 0.3 is 0 Å². The van der Waals surface area contributed by atoms with Gasteiger partial charge in [-0.25, -0.2) is 0 Å². The SMILES string of the molecule is CCCC1CC1Nc1ccc(N)c(C)c1. The topological polar surface area (TPSA) is 38.0 Å². The Balaban J connectivity index is 1.92. The Morgan fingerprint density at radius 2 is 2.27 bits per heavy atom. The molecule has 0 radical (unpaired) electrons. The summed E-state index contributed by atoms with van der Waals surface area (Å²) in [4.78, 5) is 0. The van der Waals surface area contributed by atoms with E-state index in [1.807, 2.05) is 6.07 Å². The molecule has 0 bridgehead atoms.